The lowest BCUT2D eigenvalue weighted by Gasteiger charge is -2.26. The van der Waals surface area contributed by atoms with Gasteiger partial charge in [-0.2, -0.15) is 5.26 Å². The third kappa shape index (κ3) is 8.62. The lowest BCUT2D eigenvalue weighted by Crippen LogP contribution is -2.41. The van der Waals surface area contributed by atoms with Crippen molar-refractivity contribution in [2.24, 2.45) is 0 Å². The summed E-state index contributed by atoms with van der Waals surface area (Å²) in [6, 6.07) is 12.2. The third-order valence-corrected chi connectivity index (χ3v) is 5.96. The first-order valence-electron chi connectivity index (χ1n) is 12.9. The van der Waals surface area contributed by atoms with E-state index in [-0.39, 0.29) is 23.0 Å². The molecule has 1 amide bonds. The Hall–Kier alpha value is -4.29. The fourth-order valence-electron chi connectivity index (χ4n) is 3.85. The first-order valence-corrected chi connectivity index (χ1v) is 12.9. The number of benzene rings is 2. The van der Waals surface area contributed by atoms with Crippen molar-refractivity contribution in [2.75, 3.05) is 47.1 Å². The number of rotatable bonds is 12. The molecular formula is C30H34N2O7. The predicted octanol–water partition coefficient (Wildman–Crippen LogP) is 4.66. The van der Waals surface area contributed by atoms with Crippen molar-refractivity contribution in [2.45, 2.75) is 26.2 Å². The number of carbonyl (C=O) groups is 2. The minimum Gasteiger partial charge on any atom is -0.493 e. The summed E-state index contributed by atoms with van der Waals surface area (Å²) in [7, 11) is 3.01. The number of ether oxygens (including phenoxy) is 5. The first kappa shape index (κ1) is 29.3. The maximum Gasteiger partial charge on any atom is 0.336 e. The Kier molecular flexibility index (Phi) is 11.4. The molecule has 1 heterocycles. The van der Waals surface area contributed by atoms with Gasteiger partial charge < -0.3 is 28.6 Å². The van der Waals surface area contributed by atoms with Gasteiger partial charge in [-0.3, -0.25) is 4.79 Å². The van der Waals surface area contributed by atoms with E-state index < -0.39 is 5.97 Å². The highest BCUT2D eigenvalue weighted by atomic mass is 16.6. The van der Waals surface area contributed by atoms with Gasteiger partial charge in [0.05, 0.1) is 34.0 Å². The van der Waals surface area contributed by atoms with Crippen molar-refractivity contribution < 1.29 is 33.3 Å². The zero-order chi connectivity index (χ0) is 28.0. The lowest BCUT2D eigenvalue weighted by atomic mass is 10.1. The molecule has 0 atom stereocenters. The molecule has 1 saturated heterocycles. The molecule has 0 aliphatic carbocycles. The maximum absolute atomic E-state index is 12.7. The van der Waals surface area contributed by atoms with Gasteiger partial charge in [0, 0.05) is 19.2 Å². The summed E-state index contributed by atoms with van der Waals surface area (Å²) >= 11 is 0. The summed E-state index contributed by atoms with van der Waals surface area (Å²) < 4.78 is 27.3. The normalized spacial score (nSPS) is 13.6. The molecule has 1 aliphatic heterocycles. The summed E-state index contributed by atoms with van der Waals surface area (Å²) in [5, 5.41) is 9.53. The van der Waals surface area contributed by atoms with Gasteiger partial charge in [0.1, 0.15) is 11.6 Å². The highest BCUT2D eigenvalue weighted by Crippen LogP contribution is 2.30. The number of carbonyl (C=O) groups excluding carboxylic acids is 2. The summed E-state index contributed by atoms with van der Waals surface area (Å²) in [5.41, 5.74) is 1.30. The van der Waals surface area contributed by atoms with Gasteiger partial charge in [-0.05, 0) is 54.0 Å². The fourth-order valence-corrected chi connectivity index (χ4v) is 3.85. The van der Waals surface area contributed by atoms with Crippen LogP contribution in [0.1, 0.15) is 37.3 Å². The number of morpholine rings is 1. The van der Waals surface area contributed by atoms with E-state index in [1.807, 2.05) is 18.2 Å². The van der Waals surface area contributed by atoms with E-state index >= 15 is 0 Å². The van der Waals surface area contributed by atoms with E-state index in [1.165, 1.54) is 19.3 Å². The summed E-state index contributed by atoms with van der Waals surface area (Å²) in [5.74, 6) is 0.766. The van der Waals surface area contributed by atoms with Crippen molar-refractivity contribution in [3.05, 3.63) is 59.2 Å². The number of nitriles is 1. The molecule has 0 saturated carbocycles. The lowest BCUT2D eigenvalue weighted by molar-refractivity contribution is -0.130. The molecule has 1 fully saturated rings. The average molecular weight is 535 g/mol. The molecule has 0 bridgehead atoms. The molecular weight excluding hydrogens is 500 g/mol. The van der Waals surface area contributed by atoms with E-state index in [1.54, 1.807) is 42.4 Å². The Balaban J connectivity index is 1.66. The highest BCUT2D eigenvalue weighted by molar-refractivity contribution is 6.01. The second-order valence-corrected chi connectivity index (χ2v) is 8.70. The number of esters is 1. The van der Waals surface area contributed by atoms with Crippen molar-refractivity contribution in [1.82, 2.24) is 4.90 Å². The molecule has 206 valence electrons. The van der Waals surface area contributed by atoms with Crippen LogP contribution in [0.3, 0.4) is 0 Å². The number of amides is 1. The number of hydrogen-bond acceptors (Lipinski definition) is 8. The van der Waals surface area contributed by atoms with Gasteiger partial charge in [-0.15, -0.1) is 0 Å². The van der Waals surface area contributed by atoms with Crippen LogP contribution in [0.25, 0.3) is 12.2 Å². The number of hydrogen-bond donors (Lipinski definition) is 0. The topological polar surface area (TPSA) is 107 Å². The fraction of sp³-hybridized carbons (Fsp3) is 0.367. The van der Waals surface area contributed by atoms with E-state index in [0.29, 0.717) is 50.0 Å². The van der Waals surface area contributed by atoms with Crippen LogP contribution < -0.4 is 18.9 Å². The van der Waals surface area contributed by atoms with E-state index in [4.69, 9.17) is 23.7 Å². The van der Waals surface area contributed by atoms with Crippen molar-refractivity contribution in [3.8, 4) is 29.1 Å². The standard InChI is InChI=1S/C30H34N2O7/c1-4-5-6-15-38-25-10-7-22(19-27(25)35-2)9-12-29(33)39-26-11-8-23(20-28(26)36-3)18-24(21-31)30(34)32-13-16-37-17-14-32/h7-12,18-20H,4-6,13-17H2,1-3H3/b12-9+,24-18+. The molecule has 3 rings (SSSR count). The van der Waals surface area contributed by atoms with Crippen LogP contribution in [-0.2, 0) is 14.3 Å². The van der Waals surface area contributed by atoms with Crippen LogP contribution in [-0.4, -0.2) is 63.9 Å². The SMILES string of the molecule is CCCCCOc1ccc(/C=C/C(=O)Oc2ccc(/C=C(\C#N)C(=O)N3CCOCC3)cc2OC)cc1OC. The van der Waals surface area contributed by atoms with Crippen LogP contribution in [0, 0.1) is 11.3 Å². The van der Waals surface area contributed by atoms with Gasteiger partial charge in [-0.1, -0.05) is 31.9 Å². The maximum atomic E-state index is 12.7. The number of unbranched alkanes of at least 4 members (excludes halogenated alkanes) is 2. The Bertz CT molecular complexity index is 1240. The van der Waals surface area contributed by atoms with Crippen molar-refractivity contribution in [1.29, 1.82) is 5.26 Å². The largest absolute Gasteiger partial charge is 0.493 e. The molecule has 0 N–H and O–H groups in total. The minimum atomic E-state index is -0.601. The second kappa shape index (κ2) is 15.2. The molecule has 39 heavy (non-hydrogen) atoms. The van der Waals surface area contributed by atoms with E-state index in [0.717, 1.165) is 24.8 Å². The number of nitrogens with zero attached hydrogens (tertiary/aromatic N) is 2. The molecule has 0 aromatic heterocycles. The summed E-state index contributed by atoms with van der Waals surface area (Å²) in [6.45, 7) is 4.52. The first-order chi connectivity index (χ1) is 19.0. The smallest absolute Gasteiger partial charge is 0.336 e. The Morgan fingerprint density at radius 3 is 2.33 bits per heavy atom. The zero-order valence-electron chi connectivity index (χ0n) is 22.6. The molecule has 0 unspecified atom stereocenters. The van der Waals surface area contributed by atoms with Gasteiger partial charge in [0.2, 0.25) is 0 Å². The van der Waals surface area contributed by atoms with E-state index in [2.05, 4.69) is 6.92 Å². The van der Waals surface area contributed by atoms with Gasteiger partial charge in [0.25, 0.3) is 5.91 Å². The van der Waals surface area contributed by atoms with Crippen LogP contribution in [0.2, 0.25) is 0 Å². The Morgan fingerprint density at radius 1 is 0.974 bits per heavy atom. The monoisotopic (exact) mass is 534 g/mol. The highest BCUT2D eigenvalue weighted by Gasteiger charge is 2.21. The molecule has 2 aromatic rings. The number of methoxy groups -OCH3 is 2. The molecule has 0 spiro atoms. The Labute approximate surface area is 229 Å². The molecule has 9 heteroatoms. The van der Waals surface area contributed by atoms with Crippen molar-refractivity contribution >= 4 is 24.0 Å². The van der Waals surface area contributed by atoms with Crippen LogP contribution >= 0.6 is 0 Å². The molecule has 0 radical (unpaired) electrons. The molecule has 2 aromatic carbocycles. The third-order valence-electron chi connectivity index (χ3n) is 5.96. The summed E-state index contributed by atoms with van der Waals surface area (Å²) in [4.78, 5) is 26.8. The van der Waals surface area contributed by atoms with Gasteiger partial charge in [-0.25, -0.2) is 4.79 Å². The van der Waals surface area contributed by atoms with Crippen LogP contribution in [0.4, 0.5) is 0 Å². The summed E-state index contributed by atoms with van der Waals surface area (Å²) in [6.07, 6.45) is 7.59. The second-order valence-electron chi connectivity index (χ2n) is 8.70. The average Bonchev–Trinajstić information content (AvgIpc) is 2.98. The molecule has 9 nitrogen and oxygen atoms in total. The van der Waals surface area contributed by atoms with Crippen molar-refractivity contribution in [3.63, 3.8) is 0 Å². The minimum absolute atomic E-state index is 0.000521. The van der Waals surface area contributed by atoms with Crippen LogP contribution in [0.15, 0.2) is 48.0 Å². The zero-order valence-corrected chi connectivity index (χ0v) is 22.6. The quantitative estimate of drug-likeness (QED) is 0.127. The Morgan fingerprint density at radius 2 is 1.64 bits per heavy atom. The van der Waals surface area contributed by atoms with Crippen LogP contribution in [0.5, 0.6) is 23.0 Å². The predicted molar refractivity (Wildman–Crippen MR) is 147 cm³/mol. The molecule has 1 aliphatic rings. The van der Waals surface area contributed by atoms with Gasteiger partial charge >= 0.3 is 5.97 Å². The van der Waals surface area contributed by atoms with E-state index in [9.17, 15) is 14.9 Å². The van der Waals surface area contributed by atoms with Gasteiger partial charge in [0.15, 0.2) is 23.0 Å².